The molecule has 1 N–H and O–H groups in total. The fourth-order valence-corrected chi connectivity index (χ4v) is 3.08. The predicted molar refractivity (Wildman–Crippen MR) is 105 cm³/mol. The molecule has 7 nitrogen and oxygen atoms in total. The van der Waals surface area contributed by atoms with Gasteiger partial charge < -0.3 is 24.1 Å². The van der Waals surface area contributed by atoms with Gasteiger partial charge in [0.05, 0.1) is 26.4 Å². The zero-order chi connectivity index (χ0) is 21.5. The normalized spacial score (nSPS) is 13.4. The minimum atomic E-state index is -1.24. The molecule has 0 aliphatic rings. The number of aryl methyl sites for hydroxylation is 1. The van der Waals surface area contributed by atoms with Crippen molar-refractivity contribution >= 4 is 11.9 Å². The van der Waals surface area contributed by atoms with Crippen LogP contribution in [0.5, 0.6) is 11.5 Å². The minimum Gasteiger partial charge on any atom is -0.496 e. The molecule has 0 saturated carbocycles. The number of ether oxygens (including phenoxy) is 4. The summed E-state index contributed by atoms with van der Waals surface area (Å²) >= 11 is 0. The van der Waals surface area contributed by atoms with Gasteiger partial charge in [0.1, 0.15) is 17.6 Å². The molecule has 0 radical (unpaired) electrons. The van der Waals surface area contributed by atoms with E-state index in [2.05, 4.69) is 0 Å². The summed E-state index contributed by atoms with van der Waals surface area (Å²) in [5, 5.41) is 10.5. The van der Waals surface area contributed by atoms with Gasteiger partial charge >= 0.3 is 11.9 Å². The Hall–Kier alpha value is -2.28. The third-order valence-electron chi connectivity index (χ3n) is 4.55. The van der Waals surface area contributed by atoms with Gasteiger partial charge in [-0.2, -0.15) is 0 Å². The van der Waals surface area contributed by atoms with Crippen LogP contribution >= 0.6 is 0 Å². The molecule has 0 unspecified atom stereocenters. The third-order valence-corrected chi connectivity index (χ3v) is 4.55. The van der Waals surface area contributed by atoms with Gasteiger partial charge in [0, 0.05) is 19.4 Å². The van der Waals surface area contributed by atoms with Crippen molar-refractivity contribution in [2.75, 3.05) is 20.8 Å². The van der Waals surface area contributed by atoms with Crippen LogP contribution in [0.1, 0.15) is 57.6 Å². The van der Waals surface area contributed by atoms with Gasteiger partial charge in [-0.25, -0.2) is 0 Å². The van der Waals surface area contributed by atoms with Crippen molar-refractivity contribution in [3.8, 4) is 11.5 Å². The van der Waals surface area contributed by atoms with Gasteiger partial charge in [0.2, 0.25) is 0 Å². The maximum atomic E-state index is 11.5. The Labute approximate surface area is 166 Å². The standard InChI is InChI=1S/C21H32O7/c1-13-10-19(26-7)17(12-18(13)25-6)16(8-9-27-14(2)22)11-20(21(4,5)24)28-15(3)23/h10,12,16,20,24H,8-9,11H2,1-7H3/t16-,20-/m0/s1. The predicted octanol–water partition coefficient (Wildman–Crippen LogP) is 3.14. The van der Waals surface area contributed by atoms with Gasteiger partial charge in [-0.15, -0.1) is 0 Å². The number of hydrogen-bond donors (Lipinski definition) is 1. The summed E-state index contributed by atoms with van der Waals surface area (Å²) in [6.07, 6.45) is 0.0486. The van der Waals surface area contributed by atoms with Crippen LogP contribution in [0, 0.1) is 6.92 Å². The van der Waals surface area contributed by atoms with E-state index < -0.39 is 17.7 Å². The molecule has 0 saturated heterocycles. The average Bonchev–Trinajstić information content (AvgIpc) is 2.58. The minimum absolute atomic E-state index is 0.192. The molecular formula is C21H32O7. The molecule has 0 fully saturated rings. The lowest BCUT2D eigenvalue weighted by Gasteiger charge is -2.32. The summed E-state index contributed by atoms with van der Waals surface area (Å²) in [5.74, 6) is 0.300. The van der Waals surface area contributed by atoms with Crippen molar-refractivity contribution in [3.63, 3.8) is 0 Å². The molecule has 0 amide bonds. The Morgan fingerprint density at radius 2 is 1.68 bits per heavy atom. The van der Waals surface area contributed by atoms with Crippen molar-refractivity contribution in [2.45, 2.75) is 65.1 Å². The van der Waals surface area contributed by atoms with Crippen LogP contribution in [0.25, 0.3) is 0 Å². The first-order valence-corrected chi connectivity index (χ1v) is 9.25. The number of carbonyl (C=O) groups excluding carboxylic acids is 2. The summed E-state index contributed by atoms with van der Waals surface area (Å²) in [6, 6.07) is 3.75. The SMILES string of the molecule is COc1cc([C@@H](CCOC(C)=O)C[C@H](OC(C)=O)C(C)(C)O)c(OC)cc1C. The maximum Gasteiger partial charge on any atom is 0.303 e. The van der Waals surface area contributed by atoms with E-state index in [1.54, 1.807) is 28.1 Å². The quantitative estimate of drug-likeness (QED) is 0.608. The van der Waals surface area contributed by atoms with E-state index in [0.717, 1.165) is 11.1 Å². The molecule has 158 valence electrons. The second kappa shape index (κ2) is 10.3. The lowest BCUT2D eigenvalue weighted by Crippen LogP contribution is -2.40. The molecule has 28 heavy (non-hydrogen) atoms. The van der Waals surface area contributed by atoms with E-state index in [9.17, 15) is 14.7 Å². The van der Waals surface area contributed by atoms with E-state index >= 15 is 0 Å². The van der Waals surface area contributed by atoms with Crippen molar-refractivity contribution in [1.82, 2.24) is 0 Å². The Bertz CT molecular complexity index is 676. The van der Waals surface area contributed by atoms with E-state index in [-0.39, 0.29) is 18.5 Å². The number of hydrogen-bond acceptors (Lipinski definition) is 7. The van der Waals surface area contributed by atoms with Crippen molar-refractivity contribution in [2.24, 2.45) is 0 Å². The molecular weight excluding hydrogens is 364 g/mol. The summed E-state index contributed by atoms with van der Waals surface area (Å²) in [5.41, 5.74) is 0.507. The number of esters is 2. The summed E-state index contributed by atoms with van der Waals surface area (Å²) in [4.78, 5) is 22.7. The zero-order valence-corrected chi connectivity index (χ0v) is 17.8. The second-order valence-electron chi connectivity index (χ2n) is 7.38. The lowest BCUT2D eigenvalue weighted by atomic mass is 9.84. The highest BCUT2D eigenvalue weighted by Crippen LogP contribution is 2.39. The lowest BCUT2D eigenvalue weighted by molar-refractivity contribution is -0.160. The molecule has 1 aromatic carbocycles. The molecule has 0 aliphatic heterocycles. The van der Waals surface area contributed by atoms with Crippen LogP contribution in [-0.4, -0.2) is 49.6 Å². The molecule has 0 aromatic heterocycles. The Morgan fingerprint density at radius 1 is 1.07 bits per heavy atom. The summed E-state index contributed by atoms with van der Waals surface area (Å²) in [7, 11) is 3.17. The Kier molecular flexibility index (Phi) is 8.75. The van der Waals surface area contributed by atoms with E-state index in [1.807, 2.05) is 19.1 Å². The first-order valence-electron chi connectivity index (χ1n) is 9.25. The number of methoxy groups -OCH3 is 2. The smallest absolute Gasteiger partial charge is 0.303 e. The number of benzene rings is 1. The molecule has 0 aliphatic carbocycles. The molecule has 0 heterocycles. The Balaban J connectivity index is 3.31. The second-order valence-corrected chi connectivity index (χ2v) is 7.38. The molecule has 1 aromatic rings. The largest absolute Gasteiger partial charge is 0.496 e. The topological polar surface area (TPSA) is 91.3 Å². The highest BCUT2D eigenvalue weighted by molar-refractivity contribution is 5.66. The third kappa shape index (κ3) is 7.03. The number of carbonyl (C=O) groups is 2. The average molecular weight is 396 g/mol. The van der Waals surface area contributed by atoms with Gasteiger partial charge in [-0.1, -0.05) is 0 Å². The van der Waals surface area contributed by atoms with Gasteiger partial charge in [-0.05, 0) is 57.2 Å². The highest BCUT2D eigenvalue weighted by atomic mass is 16.6. The molecule has 0 spiro atoms. The monoisotopic (exact) mass is 396 g/mol. The molecule has 2 atom stereocenters. The van der Waals surface area contributed by atoms with E-state index in [0.29, 0.717) is 24.3 Å². The summed E-state index contributed by atoms with van der Waals surface area (Å²) < 4.78 is 21.5. The molecule has 7 heteroatoms. The highest BCUT2D eigenvalue weighted by Gasteiger charge is 2.34. The number of rotatable bonds is 10. The van der Waals surface area contributed by atoms with Crippen molar-refractivity contribution in [3.05, 3.63) is 23.3 Å². The molecule has 1 rings (SSSR count). The van der Waals surface area contributed by atoms with Gasteiger partial charge in [-0.3, -0.25) is 9.59 Å². The van der Waals surface area contributed by atoms with E-state index in [4.69, 9.17) is 18.9 Å². The van der Waals surface area contributed by atoms with Crippen LogP contribution in [0.2, 0.25) is 0 Å². The van der Waals surface area contributed by atoms with E-state index in [1.165, 1.54) is 13.8 Å². The number of aliphatic hydroxyl groups is 1. The summed E-state index contributed by atoms with van der Waals surface area (Å²) in [6.45, 7) is 7.95. The first-order chi connectivity index (χ1) is 13.0. The molecule has 0 bridgehead atoms. The van der Waals surface area contributed by atoms with Gasteiger partial charge in [0.15, 0.2) is 0 Å². The fraction of sp³-hybridized carbons (Fsp3) is 0.619. The van der Waals surface area contributed by atoms with Crippen LogP contribution in [0.3, 0.4) is 0 Å². The van der Waals surface area contributed by atoms with Crippen LogP contribution in [-0.2, 0) is 19.1 Å². The maximum absolute atomic E-state index is 11.5. The zero-order valence-electron chi connectivity index (χ0n) is 17.8. The van der Waals surface area contributed by atoms with Crippen molar-refractivity contribution in [1.29, 1.82) is 0 Å². The van der Waals surface area contributed by atoms with Crippen molar-refractivity contribution < 1.29 is 33.6 Å². The van der Waals surface area contributed by atoms with Crippen LogP contribution in [0.15, 0.2) is 12.1 Å². The van der Waals surface area contributed by atoms with Gasteiger partial charge in [0.25, 0.3) is 0 Å². The van der Waals surface area contributed by atoms with Crippen LogP contribution in [0.4, 0.5) is 0 Å². The fourth-order valence-electron chi connectivity index (χ4n) is 3.08. The Morgan fingerprint density at radius 3 is 2.14 bits per heavy atom. The van der Waals surface area contributed by atoms with Crippen LogP contribution < -0.4 is 9.47 Å². The first kappa shape index (κ1) is 23.8.